The Bertz CT molecular complexity index is 1560. The minimum atomic E-state index is 1.24. The molecule has 0 saturated carbocycles. The molecule has 0 nitrogen and oxygen atoms in total. The van der Waals surface area contributed by atoms with E-state index in [-0.39, 0.29) is 0 Å². The predicted molar refractivity (Wildman–Crippen MR) is 179 cm³/mol. The van der Waals surface area contributed by atoms with Crippen LogP contribution in [-0.2, 0) is 0 Å². The van der Waals surface area contributed by atoms with Crippen molar-refractivity contribution in [3.8, 4) is 0 Å². The number of rotatable bonds is 10. The zero-order valence-corrected chi connectivity index (χ0v) is 26.1. The molecule has 6 rings (SSSR count). The summed E-state index contributed by atoms with van der Waals surface area (Å²) >= 11 is 9.20. The largest absolute Gasteiger partial charge is 0.0889 e. The Morgan fingerprint density at radius 3 is 0.805 bits per heavy atom. The van der Waals surface area contributed by atoms with Crippen molar-refractivity contribution in [2.75, 3.05) is 0 Å². The molecule has 0 unspecified atom stereocenters. The SMILES string of the molecule is c1ccc(Sc2cccc(Sc3cccc(Sc4ccccc4)c3Sc3ccccc3)c2Sc2ccccc2)cc1. The Morgan fingerprint density at radius 2 is 0.488 bits per heavy atom. The van der Waals surface area contributed by atoms with Crippen LogP contribution >= 0.6 is 58.8 Å². The standard InChI is InChI=1S/C36H26S5/c1-5-15-27(16-6-1)37-31-23-13-25-33(35(31)39-29-19-9-3-10-20-29)41-34-26-14-24-32(38-28-17-7-2-8-18-28)36(34)40-30-21-11-4-12-22-30/h1-26H. The molecule has 0 heterocycles. The van der Waals surface area contributed by atoms with Gasteiger partial charge in [-0.25, -0.2) is 0 Å². The zero-order valence-electron chi connectivity index (χ0n) is 22.1. The molecule has 41 heavy (non-hydrogen) atoms. The lowest BCUT2D eigenvalue weighted by Crippen LogP contribution is -1.88. The van der Waals surface area contributed by atoms with E-state index in [9.17, 15) is 0 Å². The van der Waals surface area contributed by atoms with Crippen molar-refractivity contribution in [3.05, 3.63) is 158 Å². The molecule has 0 saturated heterocycles. The van der Waals surface area contributed by atoms with Gasteiger partial charge in [0.25, 0.3) is 0 Å². The molecule has 6 aromatic rings. The maximum Gasteiger partial charge on any atom is 0.0401 e. The van der Waals surface area contributed by atoms with Crippen molar-refractivity contribution < 1.29 is 0 Å². The highest BCUT2D eigenvalue weighted by Gasteiger charge is 2.17. The van der Waals surface area contributed by atoms with Crippen LogP contribution in [0, 0.1) is 0 Å². The summed E-state index contributed by atoms with van der Waals surface area (Å²) in [4.78, 5) is 12.6. The first-order chi connectivity index (χ1) is 20.3. The maximum atomic E-state index is 2.26. The highest BCUT2D eigenvalue weighted by atomic mass is 32.2. The Balaban J connectivity index is 1.41. The number of hydrogen-bond donors (Lipinski definition) is 0. The smallest absolute Gasteiger partial charge is 0.0401 e. The van der Waals surface area contributed by atoms with Crippen LogP contribution in [0.2, 0.25) is 0 Å². The molecule has 200 valence electrons. The molecule has 0 aliphatic carbocycles. The molecule has 0 amide bonds. The average molecular weight is 619 g/mol. The third-order valence-electron chi connectivity index (χ3n) is 5.97. The molecule has 0 atom stereocenters. The first-order valence-corrected chi connectivity index (χ1v) is 17.3. The molecule has 0 N–H and O–H groups in total. The first kappa shape index (κ1) is 28.2. The fourth-order valence-electron chi connectivity index (χ4n) is 4.08. The van der Waals surface area contributed by atoms with Crippen molar-refractivity contribution in [2.24, 2.45) is 0 Å². The van der Waals surface area contributed by atoms with Crippen LogP contribution in [0.15, 0.2) is 207 Å². The fourth-order valence-corrected chi connectivity index (χ4v) is 9.67. The highest BCUT2D eigenvalue weighted by molar-refractivity contribution is 8.05. The summed E-state index contributed by atoms with van der Waals surface area (Å²) in [6.45, 7) is 0. The molecule has 0 fully saturated rings. The first-order valence-electron chi connectivity index (χ1n) is 13.2. The predicted octanol–water partition coefficient (Wildman–Crippen LogP) is 12.4. The molecular formula is C36H26S5. The monoisotopic (exact) mass is 618 g/mol. The Hall–Kier alpha value is -2.93. The van der Waals surface area contributed by atoms with Crippen molar-refractivity contribution in [1.82, 2.24) is 0 Å². The summed E-state index contributed by atoms with van der Waals surface area (Å²) in [7, 11) is 0. The van der Waals surface area contributed by atoms with Crippen LogP contribution in [0.3, 0.4) is 0 Å². The van der Waals surface area contributed by atoms with Crippen LogP contribution in [0.5, 0.6) is 0 Å². The van der Waals surface area contributed by atoms with Crippen molar-refractivity contribution in [1.29, 1.82) is 0 Å². The number of benzene rings is 6. The summed E-state index contributed by atoms with van der Waals surface area (Å²) in [5.74, 6) is 0. The second-order valence-corrected chi connectivity index (χ2v) is 14.4. The summed E-state index contributed by atoms with van der Waals surface area (Å²) in [5, 5.41) is 0. The van der Waals surface area contributed by atoms with E-state index in [4.69, 9.17) is 0 Å². The fraction of sp³-hybridized carbons (Fsp3) is 0. The zero-order chi connectivity index (χ0) is 27.7. The molecule has 0 aromatic heterocycles. The van der Waals surface area contributed by atoms with Crippen LogP contribution in [-0.4, -0.2) is 0 Å². The van der Waals surface area contributed by atoms with Gasteiger partial charge in [-0.05, 0) is 72.8 Å². The molecule has 0 aliphatic heterocycles. The third-order valence-corrected chi connectivity index (χ3v) is 12.1. The lowest BCUT2D eigenvalue weighted by molar-refractivity contribution is 1.08. The topological polar surface area (TPSA) is 0 Å². The van der Waals surface area contributed by atoms with E-state index in [0.717, 1.165) is 0 Å². The van der Waals surface area contributed by atoms with Gasteiger partial charge in [-0.3, -0.25) is 0 Å². The molecule has 0 spiro atoms. The summed E-state index contributed by atoms with van der Waals surface area (Å²) in [6.07, 6.45) is 0. The van der Waals surface area contributed by atoms with Crippen LogP contribution in [0.1, 0.15) is 0 Å². The van der Waals surface area contributed by atoms with Gasteiger partial charge in [0.2, 0.25) is 0 Å². The molecule has 0 bridgehead atoms. The Kier molecular flexibility index (Phi) is 9.84. The van der Waals surface area contributed by atoms with E-state index >= 15 is 0 Å². The van der Waals surface area contributed by atoms with Gasteiger partial charge in [0.1, 0.15) is 0 Å². The van der Waals surface area contributed by atoms with Crippen LogP contribution < -0.4 is 0 Å². The summed E-state index contributed by atoms with van der Waals surface area (Å²) in [6, 6.07) is 56.0. The van der Waals surface area contributed by atoms with Gasteiger partial charge >= 0.3 is 0 Å². The molecular weight excluding hydrogens is 593 g/mol. The molecule has 5 heteroatoms. The van der Waals surface area contributed by atoms with E-state index in [0.29, 0.717) is 0 Å². The quantitative estimate of drug-likeness (QED) is 0.149. The summed E-state index contributed by atoms with van der Waals surface area (Å²) in [5.41, 5.74) is 0. The molecule has 6 aromatic carbocycles. The normalized spacial score (nSPS) is 10.9. The Morgan fingerprint density at radius 1 is 0.220 bits per heavy atom. The van der Waals surface area contributed by atoms with Crippen LogP contribution in [0.4, 0.5) is 0 Å². The van der Waals surface area contributed by atoms with Gasteiger partial charge in [0, 0.05) is 49.0 Å². The van der Waals surface area contributed by atoms with Crippen LogP contribution in [0.25, 0.3) is 0 Å². The van der Waals surface area contributed by atoms with Crippen molar-refractivity contribution >= 4 is 58.8 Å². The van der Waals surface area contributed by atoms with Gasteiger partial charge < -0.3 is 0 Å². The lowest BCUT2D eigenvalue weighted by atomic mass is 10.3. The molecule has 0 radical (unpaired) electrons. The number of hydrogen-bond acceptors (Lipinski definition) is 5. The second-order valence-electron chi connectivity index (χ2n) is 8.93. The van der Waals surface area contributed by atoms with Gasteiger partial charge in [-0.15, -0.1) is 0 Å². The minimum Gasteiger partial charge on any atom is -0.0889 e. The van der Waals surface area contributed by atoms with E-state index in [1.165, 1.54) is 49.0 Å². The average Bonchev–Trinajstić information content (AvgIpc) is 3.02. The highest BCUT2D eigenvalue weighted by Crippen LogP contribution is 2.50. The van der Waals surface area contributed by atoms with Gasteiger partial charge in [-0.2, -0.15) is 0 Å². The van der Waals surface area contributed by atoms with Crippen molar-refractivity contribution in [3.63, 3.8) is 0 Å². The lowest BCUT2D eigenvalue weighted by Gasteiger charge is -2.17. The van der Waals surface area contributed by atoms with E-state index in [2.05, 4.69) is 158 Å². The van der Waals surface area contributed by atoms with Gasteiger partial charge in [0.15, 0.2) is 0 Å². The van der Waals surface area contributed by atoms with Gasteiger partial charge in [-0.1, -0.05) is 144 Å². The second kappa shape index (κ2) is 14.3. The van der Waals surface area contributed by atoms with E-state index in [1.807, 2.05) is 58.8 Å². The molecule has 0 aliphatic rings. The van der Waals surface area contributed by atoms with Gasteiger partial charge in [0.05, 0.1) is 0 Å². The van der Waals surface area contributed by atoms with Crippen molar-refractivity contribution in [2.45, 2.75) is 49.0 Å². The van der Waals surface area contributed by atoms with E-state index < -0.39 is 0 Å². The minimum absolute atomic E-state index is 1.24. The summed E-state index contributed by atoms with van der Waals surface area (Å²) < 4.78 is 0. The third kappa shape index (κ3) is 7.68. The maximum absolute atomic E-state index is 2.26. The van der Waals surface area contributed by atoms with E-state index in [1.54, 1.807) is 0 Å². The Labute approximate surface area is 263 Å².